The number of nitrogens with zero attached hydrogens (tertiary/aromatic N) is 3. The molecule has 0 spiro atoms. The van der Waals surface area contributed by atoms with Gasteiger partial charge in [-0.1, -0.05) is 71.4 Å². The smallest absolute Gasteiger partial charge is 0.122 e. The first-order valence-corrected chi connectivity index (χ1v) is 13.1. The minimum Gasteiger partial charge on any atom is -0.321 e. The molecule has 1 saturated heterocycles. The van der Waals surface area contributed by atoms with Gasteiger partial charge in [0.05, 0.1) is 6.07 Å². The summed E-state index contributed by atoms with van der Waals surface area (Å²) >= 11 is 0. The van der Waals surface area contributed by atoms with Gasteiger partial charge in [0, 0.05) is 39.1 Å². The molecule has 1 aliphatic rings. The Hall–Kier alpha value is -0.373. The molecule has 4 heteroatoms. The van der Waals surface area contributed by atoms with Crippen LogP contribution in [0, 0.1) is 11.3 Å². The lowest BCUT2D eigenvalue weighted by molar-refractivity contribution is 0.186. The lowest BCUT2D eigenvalue weighted by Crippen LogP contribution is -2.57. The average Bonchev–Trinajstić information content (AvgIpc) is 2.55. The molecular formula is C19H39N3Si. The molecule has 3 nitrogen and oxygen atoms in total. The Balaban J connectivity index is 2.10. The molecule has 0 aromatic rings. The summed E-state index contributed by atoms with van der Waals surface area (Å²) in [5.41, 5.74) is 0. The van der Waals surface area contributed by atoms with E-state index in [0.29, 0.717) is 6.42 Å². The topological polar surface area (TPSA) is 30.3 Å². The summed E-state index contributed by atoms with van der Waals surface area (Å²) in [6.07, 6.45) is 12.1. The number of hydrogen-bond acceptors (Lipinski definition) is 3. The van der Waals surface area contributed by atoms with Gasteiger partial charge in [-0.3, -0.25) is 4.90 Å². The fraction of sp³-hybridized carbons (Fsp3) is 0.947. The van der Waals surface area contributed by atoms with E-state index in [-0.39, 0.29) is 0 Å². The quantitative estimate of drug-likeness (QED) is 0.376. The van der Waals surface area contributed by atoms with Crippen LogP contribution in [0.1, 0.15) is 64.7 Å². The highest BCUT2D eigenvalue weighted by Gasteiger charge is 2.31. The van der Waals surface area contributed by atoms with Gasteiger partial charge in [-0.2, -0.15) is 5.26 Å². The zero-order valence-electron chi connectivity index (χ0n) is 15.9. The largest absolute Gasteiger partial charge is 0.321 e. The Morgan fingerprint density at radius 3 is 2.00 bits per heavy atom. The lowest BCUT2D eigenvalue weighted by Gasteiger charge is -2.43. The maximum atomic E-state index is 8.70. The Morgan fingerprint density at radius 2 is 1.43 bits per heavy atom. The van der Waals surface area contributed by atoms with Crippen molar-refractivity contribution in [3.8, 4) is 6.07 Å². The molecule has 0 aromatic heterocycles. The van der Waals surface area contributed by atoms with Gasteiger partial charge >= 0.3 is 0 Å². The van der Waals surface area contributed by atoms with Crippen molar-refractivity contribution in [2.24, 2.45) is 0 Å². The monoisotopic (exact) mass is 337 g/mol. The highest BCUT2D eigenvalue weighted by molar-refractivity contribution is 6.74. The highest BCUT2D eigenvalue weighted by atomic mass is 28.3. The minimum absolute atomic E-state index is 0.680. The van der Waals surface area contributed by atoms with Gasteiger partial charge < -0.3 is 4.57 Å². The van der Waals surface area contributed by atoms with Crippen molar-refractivity contribution in [2.75, 3.05) is 32.7 Å². The predicted octanol–water partition coefficient (Wildman–Crippen LogP) is 4.86. The van der Waals surface area contributed by atoms with Crippen LogP contribution in [0.4, 0.5) is 0 Å². The van der Waals surface area contributed by atoms with Crippen LogP contribution >= 0.6 is 0 Å². The summed E-state index contributed by atoms with van der Waals surface area (Å²) in [5.74, 6) is 0. The van der Waals surface area contributed by atoms with E-state index in [1.54, 1.807) is 0 Å². The molecule has 134 valence electrons. The van der Waals surface area contributed by atoms with Gasteiger partial charge in [-0.25, -0.2) is 0 Å². The molecule has 1 rings (SSSR count). The van der Waals surface area contributed by atoms with Crippen LogP contribution in [-0.2, 0) is 0 Å². The van der Waals surface area contributed by atoms with Crippen LogP contribution in [0.2, 0.25) is 19.1 Å². The van der Waals surface area contributed by atoms with Crippen molar-refractivity contribution in [1.82, 2.24) is 9.47 Å². The molecule has 23 heavy (non-hydrogen) atoms. The Morgan fingerprint density at radius 1 is 0.870 bits per heavy atom. The summed E-state index contributed by atoms with van der Waals surface area (Å²) in [6, 6.07) is 3.72. The summed E-state index contributed by atoms with van der Waals surface area (Å²) in [5, 5.41) is 8.70. The third-order valence-electron chi connectivity index (χ3n) is 5.41. The van der Waals surface area contributed by atoms with Crippen molar-refractivity contribution in [3.63, 3.8) is 0 Å². The first-order valence-electron chi connectivity index (χ1n) is 9.94. The van der Waals surface area contributed by atoms with E-state index < -0.39 is 8.24 Å². The molecule has 0 amide bonds. The summed E-state index contributed by atoms with van der Waals surface area (Å²) < 4.78 is 2.80. The van der Waals surface area contributed by atoms with Gasteiger partial charge in [0.1, 0.15) is 8.24 Å². The van der Waals surface area contributed by atoms with Gasteiger partial charge in [0.15, 0.2) is 0 Å². The fourth-order valence-electron chi connectivity index (χ4n) is 3.63. The van der Waals surface area contributed by atoms with Crippen LogP contribution in [0.3, 0.4) is 0 Å². The summed E-state index contributed by atoms with van der Waals surface area (Å²) in [7, 11) is -1.20. The molecule has 0 aliphatic carbocycles. The van der Waals surface area contributed by atoms with Crippen molar-refractivity contribution >= 4 is 8.24 Å². The number of unbranched alkanes of at least 4 members (excludes halogenated alkanes) is 7. The van der Waals surface area contributed by atoms with E-state index in [2.05, 4.69) is 35.6 Å². The van der Waals surface area contributed by atoms with Gasteiger partial charge in [0.25, 0.3) is 0 Å². The molecule has 0 saturated carbocycles. The van der Waals surface area contributed by atoms with Gasteiger partial charge in [-0.05, 0) is 6.04 Å². The zero-order valence-corrected chi connectivity index (χ0v) is 16.9. The maximum Gasteiger partial charge on any atom is 0.122 e. The molecular weight excluding hydrogens is 298 g/mol. The average molecular weight is 338 g/mol. The second kappa shape index (κ2) is 12.1. The number of nitriles is 1. The number of piperazine rings is 1. The van der Waals surface area contributed by atoms with E-state index in [9.17, 15) is 0 Å². The van der Waals surface area contributed by atoms with Gasteiger partial charge in [0.2, 0.25) is 0 Å². The Bertz CT molecular complexity index is 330. The Labute approximate surface area is 146 Å². The normalized spacial score (nSPS) is 17.3. The molecule has 1 heterocycles. The molecule has 1 aliphatic heterocycles. The molecule has 0 bridgehead atoms. The Kier molecular flexibility index (Phi) is 10.8. The third kappa shape index (κ3) is 8.88. The van der Waals surface area contributed by atoms with Crippen LogP contribution in [0.15, 0.2) is 0 Å². The molecule has 0 aromatic carbocycles. The highest BCUT2D eigenvalue weighted by Crippen LogP contribution is 2.22. The molecule has 0 unspecified atom stereocenters. The lowest BCUT2D eigenvalue weighted by atomic mass is 10.1. The van der Waals surface area contributed by atoms with E-state index >= 15 is 0 Å². The van der Waals surface area contributed by atoms with Crippen molar-refractivity contribution in [3.05, 3.63) is 0 Å². The second-order valence-electron chi connectivity index (χ2n) is 7.77. The zero-order chi connectivity index (χ0) is 17.0. The fourth-order valence-corrected chi connectivity index (χ4v) is 6.48. The third-order valence-corrected chi connectivity index (χ3v) is 9.15. The van der Waals surface area contributed by atoms with Crippen molar-refractivity contribution < 1.29 is 0 Å². The predicted molar refractivity (Wildman–Crippen MR) is 103 cm³/mol. The maximum absolute atomic E-state index is 8.70. The van der Waals surface area contributed by atoms with E-state index in [1.807, 2.05) is 0 Å². The second-order valence-corrected chi connectivity index (χ2v) is 12.5. The van der Waals surface area contributed by atoms with Gasteiger partial charge in [-0.15, -0.1) is 0 Å². The number of hydrogen-bond donors (Lipinski definition) is 0. The molecule has 0 radical (unpaired) electrons. The SMILES string of the molecule is CCCCCCCCCC[Si](C)(C)N1CCN(CCC#N)CC1. The van der Waals surface area contributed by atoms with E-state index in [1.165, 1.54) is 70.5 Å². The molecule has 0 N–H and O–H groups in total. The summed E-state index contributed by atoms with van der Waals surface area (Å²) in [4.78, 5) is 2.46. The molecule has 0 atom stereocenters. The van der Waals surface area contributed by atoms with Crippen molar-refractivity contribution in [2.45, 2.75) is 83.8 Å². The number of rotatable bonds is 12. The molecule has 1 fully saturated rings. The van der Waals surface area contributed by atoms with Crippen LogP contribution in [-0.4, -0.2) is 50.4 Å². The first-order chi connectivity index (χ1) is 11.1. The summed E-state index contributed by atoms with van der Waals surface area (Å²) in [6.45, 7) is 13.1. The van der Waals surface area contributed by atoms with Crippen LogP contribution in [0.25, 0.3) is 0 Å². The van der Waals surface area contributed by atoms with E-state index in [0.717, 1.165) is 19.6 Å². The van der Waals surface area contributed by atoms with Crippen LogP contribution < -0.4 is 0 Å². The first kappa shape index (κ1) is 20.7. The van der Waals surface area contributed by atoms with Crippen LogP contribution in [0.5, 0.6) is 0 Å². The standard InChI is InChI=1S/C19H39N3Si/c1-4-5-6-7-8-9-10-11-19-23(2,3)22-17-15-21(16-18-22)14-12-13-20/h4-12,14-19H2,1-3H3. The van der Waals surface area contributed by atoms with E-state index in [4.69, 9.17) is 5.26 Å². The minimum atomic E-state index is -1.20. The van der Waals surface area contributed by atoms with Crippen molar-refractivity contribution in [1.29, 1.82) is 5.26 Å².